The average Bonchev–Trinajstić information content (AvgIpc) is 3.49. The highest BCUT2D eigenvalue weighted by atomic mass is 14.7. The first-order chi connectivity index (χ1) is 17.3. The van der Waals surface area contributed by atoms with Crippen molar-refractivity contribution in [3.63, 3.8) is 0 Å². The first kappa shape index (κ1) is 21.1. The van der Waals surface area contributed by atoms with Gasteiger partial charge in [-0.05, 0) is 93.4 Å². The lowest BCUT2D eigenvalue weighted by Crippen LogP contribution is -1.89. The van der Waals surface area contributed by atoms with Crippen LogP contribution in [0, 0.1) is 0 Å². The van der Waals surface area contributed by atoms with Gasteiger partial charge in [-0.25, -0.2) is 0 Å². The maximum atomic E-state index is 4.52. The number of benzene rings is 4. The van der Waals surface area contributed by atoms with E-state index in [4.69, 9.17) is 0 Å². The zero-order valence-electron chi connectivity index (χ0n) is 19.4. The molecule has 0 saturated carbocycles. The van der Waals surface area contributed by atoms with Crippen LogP contribution in [0.3, 0.4) is 0 Å². The molecule has 1 aliphatic rings. The third-order valence-corrected chi connectivity index (χ3v) is 6.53. The van der Waals surface area contributed by atoms with Crippen molar-refractivity contribution in [2.24, 2.45) is 0 Å². The van der Waals surface area contributed by atoms with Crippen molar-refractivity contribution in [2.75, 3.05) is 0 Å². The molecule has 1 nitrogen and oxygen atoms in total. The number of hydrogen-bond acceptors (Lipinski definition) is 1. The minimum absolute atomic E-state index is 0.984. The van der Waals surface area contributed by atoms with Gasteiger partial charge in [-0.1, -0.05) is 91.0 Å². The summed E-state index contributed by atoms with van der Waals surface area (Å²) >= 11 is 0. The molecular formula is C34H25N. The van der Waals surface area contributed by atoms with Crippen LogP contribution in [0.5, 0.6) is 0 Å². The lowest BCUT2D eigenvalue weighted by atomic mass is 9.91. The fourth-order valence-electron chi connectivity index (χ4n) is 4.71. The predicted octanol–water partition coefficient (Wildman–Crippen LogP) is 9.09. The Hall–Kier alpha value is -4.49. The second-order valence-corrected chi connectivity index (χ2v) is 8.87. The van der Waals surface area contributed by atoms with Gasteiger partial charge in [0.2, 0.25) is 0 Å². The summed E-state index contributed by atoms with van der Waals surface area (Å²) < 4.78 is 0. The van der Waals surface area contributed by atoms with Crippen molar-refractivity contribution in [1.29, 1.82) is 0 Å². The fraction of sp³-hybridized carbons (Fsp3) is 0.0294. The molecule has 0 saturated heterocycles. The van der Waals surface area contributed by atoms with Crippen LogP contribution < -0.4 is 0 Å². The minimum atomic E-state index is 0.984. The highest BCUT2D eigenvalue weighted by molar-refractivity contribution is 5.83. The predicted molar refractivity (Wildman–Crippen MR) is 148 cm³/mol. The number of rotatable bonds is 5. The Morgan fingerprint density at radius 3 is 1.71 bits per heavy atom. The summed E-state index contributed by atoms with van der Waals surface area (Å²) in [4.78, 5) is 4.52. The van der Waals surface area contributed by atoms with Crippen LogP contribution in [0.4, 0.5) is 0 Å². The molecule has 0 fully saturated rings. The Labute approximate surface area is 206 Å². The van der Waals surface area contributed by atoms with Crippen molar-refractivity contribution in [3.05, 3.63) is 145 Å². The SMILES string of the molecule is C1=CCC(c2cc(-c3ccccc3)cc(-c3cccc(-c4cccc(-c5ccccn5)c4)c3)c2)=C1. The fourth-order valence-corrected chi connectivity index (χ4v) is 4.71. The Bertz CT molecular complexity index is 1540. The molecule has 1 heterocycles. The quantitative estimate of drug-likeness (QED) is 0.262. The number of pyridine rings is 1. The third-order valence-electron chi connectivity index (χ3n) is 6.53. The molecule has 1 aliphatic carbocycles. The second kappa shape index (κ2) is 9.40. The van der Waals surface area contributed by atoms with Gasteiger partial charge < -0.3 is 0 Å². The third kappa shape index (κ3) is 4.49. The van der Waals surface area contributed by atoms with E-state index in [2.05, 4.69) is 126 Å². The van der Waals surface area contributed by atoms with Gasteiger partial charge in [0.1, 0.15) is 0 Å². The number of aromatic nitrogens is 1. The maximum Gasteiger partial charge on any atom is 0.0702 e. The molecule has 0 N–H and O–H groups in total. The summed E-state index contributed by atoms with van der Waals surface area (Å²) in [5.41, 5.74) is 12.1. The van der Waals surface area contributed by atoms with E-state index in [0.29, 0.717) is 0 Å². The van der Waals surface area contributed by atoms with Crippen LogP contribution in [0.2, 0.25) is 0 Å². The molecule has 4 aromatic carbocycles. The van der Waals surface area contributed by atoms with Gasteiger partial charge in [0, 0.05) is 11.8 Å². The Balaban J connectivity index is 1.43. The van der Waals surface area contributed by atoms with Crippen molar-refractivity contribution in [2.45, 2.75) is 6.42 Å². The topological polar surface area (TPSA) is 12.9 Å². The lowest BCUT2D eigenvalue weighted by Gasteiger charge is -2.13. The first-order valence-electron chi connectivity index (χ1n) is 12.0. The molecule has 0 aliphatic heterocycles. The molecular weight excluding hydrogens is 422 g/mol. The van der Waals surface area contributed by atoms with Gasteiger partial charge >= 0.3 is 0 Å². The van der Waals surface area contributed by atoms with Crippen LogP contribution in [-0.4, -0.2) is 4.98 Å². The van der Waals surface area contributed by atoms with E-state index in [-0.39, 0.29) is 0 Å². The molecule has 35 heavy (non-hydrogen) atoms. The van der Waals surface area contributed by atoms with E-state index in [9.17, 15) is 0 Å². The standard InChI is InChI=1S/C34H25N/c1-2-10-25(11-3-1)31-22-32(26-12-4-5-13-26)24-33(23-31)29-16-8-14-27(20-29)28-15-9-17-30(21-28)34-18-6-7-19-35-34/h1-12,14-24H,13H2. The molecule has 5 aromatic rings. The van der Waals surface area contributed by atoms with E-state index < -0.39 is 0 Å². The average molecular weight is 448 g/mol. The zero-order chi connectivity index (χ0) is 23.5. The van der Waals surface area contributed by atoms with Crippen LogP contribution in [0.15, 0.2) is 140 Å². The summed E-state index contributed by atoms with van der Waals surface area (Å²) in [6.45, 7) is 0. The smallest absolute Gasteiger partial charge is 0.0702 e. The van der Waals surface area contributed by atoms with Gasteiger partial charge in [0.25, 0.3) is 0 Å². The first-order valence-corrected chi connectivity index (χ1v) is 12.0. The molecule has 0 atom stereocenters. The van der Waals surface area contributed by atoms with Gasteiger partial charge in [-0.15, -0.1) is 0 Å². The summed E-state index contributed by atoms with van der Waals surface area (Å²) in [5, 5.41) is 0. The van der Waals surface area contributed by atoms with Crippen LogP contribution in [-0.2, 0) is 0 Å². The number of nitrogens with zero attached hydrogens (tertiary/aromatic N) is 1. The van der Waals surface area contributed by atoms with E-state index >= 15 is 0 Å². The van der Waals surface area contributed by atoms with Gasteiger partial charge in [0.15, 0.2) is 0 Å². The van der Waals surface area contributed by atoms with Crippen molar-refractivity contribution in [1.82, 2.24) is 4.98 Å². The van der Waals surface area contributed by atoms with E-state index in [1.807, 2.05) is 18.3 Å². The Morgan fingerprint density at radius 2 is 1.03 bits per heavy atom. The van der Waals surface area contributed by atoms with Gasteiger partial charge in [-0.2, -0.15) is 0 Å². The van der Waals surface area contributed by atoms with Gasteiger partial charge in [-0.3, -0.25) is 4.98 Å². The molecule has 0 bridgehead atoms. The molecule has 0 radical (unpaired) electrons. The van der Waals surface area contributed by atoms with Gasteiger partial charge in [0.05, 0.1) is 5.69 Å². The van der Waals surface area contributed by atoms with E-state index in [1.54, 1.807) is 0 Å². The summed E-state index contributed by atoms with van der Waals surface area (Å²) in [6.07, 6.45) is 9.43. The molecule has 1 aromatic heterocycles. The van der Waals surface area contributed by atoms with E-state index in [1.165, 1.54) is 44.5 Å². The maximum absolute atomic E-state index is 4.52. The Morgan fingerprint density at radius 1 is 0.457 bits per heavy atom. The normalized spacial score (nSPS) is 12.5. The molecule has 166 valence electrons. The van der Waals surface area contributed by atoms with Crippen molar-refractivity contribution < 1.29 is 0 Å². The highest BCUT2D eigenvalue weighted by Gasteiger charge is 2.11. The Kier molecular flexibility index (Phi) is 5.66. The van der Waals surface area contributed by atoms with Crippen molar-refractivity contribution >= 4 is 5.57 Å². The monoisotopic (exact) mass is 447 g/mol. The molecule has 0 unspecified atom stereocenters. The number of hydrogen-bond donors (Lipinski definition) is 0. The number of allylic oxidation sites excluding steroid dienone is 4. The molecule has 0 spiro atoms. The van der Waals surface area contributed by atoms with E-state index in [0.717, 1.165) is 17.7 Å². The summed E-state index contributed by atoms with van der Waals surface area (Å²) in [6, 6.07) is 41.1. The molecule has 6 rings (SSSR count). The van der Waals surface area contributed by atoms with Crippen LogP contribution in [0.25, 0.3) is 50.2 Å². The lowest BCUT2D eigenvalue weighted by molar-refractivity contribution is 1.33. The molecule has 0 amide bonds. The van der Waals surface area contributed by atoms with Crippen LogP contribution in [0.1, 0.15) is 12.0 Å². The molecule has 1 heteroatoms. The largest absolute Gasteiger partial charge is 0.256 e. The van der Waals surface area contributed by atoms with Crippen molar-refractivity contribution in [3.8, 4) is 44.6 Å². The zero-order valence-corrected chi connectivity index (χ0v) is 19.4. The second-order valence-electron chi connectivity index (χ2n) is 8.87. The summed E-state index contributed by atoms with van der Waals surface area (Å²) in [7, 11) is 0. The highest BCUT2D eigenvalue weighted by Crippen LogP contribution is 2.35. The minimum Gasteiger partial charge on any atom is -0.256 e. The summed E-state index contributed by atoms with van der Waals surface area (Å²) in [5.74, 6) is 0. The van der Waals surface area contributed by atoms with Crippen LogP contribution >= 0.6 is 0 Å².